The van der Waals surface area contributed by atoms with Gasteiger partial charge in [0.2, 0.25) is 0 Å². The number of benzene rings is 4. The van der Waals surface area contributed by atoms with Crippen molar-refractivity contribution < 1.29 is 0 Å². The van der Waals surface area contributed by atoms with Gasteiger partial charge in [0.25, 0.3) is 0 Å². The van der Waals surface area contributed by atoms with E-state index in [1.54, 1.807) is 27.6 Å². The van der Waals surface area contributed by atoms with Crippen LogP contribution in [0.15, 0.2) is 48.5 Å². The molecule has 0 radical (unpaired) electrons. The lowest BCUT2D eigenvalue weighted by molar-refractivity contribution is 1.53. The van der Waals surface area contributed by atoms with Crippen molar-refractivity contribution >= 4 is 32.3 Å². The van der Waals surface area contributed by atoms with E-state index in [1.165, 1.54) is 39.8 Å². The number of rotatable bonds is 0. The minimum Gasteiger partial charge on any atom is -0.0616 e. The van der Waals surface area contributed by atoms with E-state index in [-0.39, 0.29) is 0 Å². The number of fused-ring (bicyclic) bond motifs is 10. The maximum atomic E-state index is 2.36. The normalized spacial score (nSPS) is 14.6. The van der Waals surface area contributed by atoms with Gasteiger partial charge in [0.05, 0.1) is 0 Å². The van der Waals surface area contributed by atoms with Crippen LogP contribution in [0.1, 0.15) is 22.3 Å². The van der Waals surface area contributed by atoms with E-state index in [0.717, 1.165) is 0 Å². The van der Waals surface area contributed by atoms with Gasteiger partial charge in [-0.3, -0.25) is 0 Å². The standard InChI is InChI=1S/C20H12/c1-2-4-12-11(3-1)5-6-14-13(12)7-8-15-16-9-17(16)18-10-19(18)20(14)15/h1-8H,9-10H2. The smallest absolute Gasteiger partial charge is 0.00104 e. The molecule has 0 unspecified atom stereocenters. The van der Waals surface area contributed by atoms with Gasteiger partial charge in [-0.25, -0.2) is 0 Å². The van der Waals surface area contributed by atoms with Crippen LogP contribution in [0.5, 0.6) is 0 Å². The third kappa shape index (κ3) is 0.978. The summed E-state index contributed by atoms with van der Waals surface area (Å²) in [5.74, 6) is 0. The van der Waals surface area contributed by atoms with Crippen molar-refractivity contribution in [3.63, 3.8) is 0 Å². The molecule has 4 aromatic carbocycles. The van der Waals surface area contributed by atoms with Crippen molar-refractivity contribution in [1.29, 1.82) is 0 Å². The molecule has 4 aromatic rings. The van der Waals surface area contributed by atoms with Crippen molar-refractivity contribution in [1.82, 2.24) is 0 Å². The van der Waals surface area contributed by atoms with Gasteiger partial charge < -0.3 is 0 Å². The molecule has 92 valence electrons. The summed E-state index contributed by atoms with van der Waals surface area (Å²) in [5, 5.41) is 8.63. The van der Waals surface area contributed by atoms with Crippen LogP contribution in [0, 0.1) is 0 Å². The van der Waals surface area contributed by atoms with Crippen LogP contribution in [-0.2, 0) is 12.8 Å². The Hall–Kier alpha value is -2.34. The van der Waals surface area contributed by atoms with Crippen molar-refractivity contribution in [2.24, 2.45) is 0 Å². The first kappa shape index (κ1) is 9.55. The van der Waals surface area contributed by atoms with Gasteiger partial charge in [0.15, 0.2) is 0 Å². The second-order valence-corrected chi connectivity index (χ2v) is 6.14. The van der Waals surface area contributed by atoms with Crippen molar-refractivity contribution in [2.45, 2.75) is 12.8 Å². The van der Waals surface area contributed by atoms with Gasteiger partial charge in [-0.1, -0.05) is 48.5 Å². The summed E-state index contributed by atoms with van der Waals surface area (Å²) >= 11 is 0. The Morgan fingerprint density at radius 2 is 1.25 bits per heavy atom. The van der Waals surface area contributed by atoms with Crippen molar-refractivity contribution in [2.75, 3.05) is 0 Å². The first-order valence-corrected chi connectivity index (χ1v) is 7.31. The molecule has 0 heterocycles. The van der Waals surface area contributed by atoms with Crippen LogP contribution in [-0.4, -0.2) is 0 Å². The average molecular weight is 252 g/mol. The van der Waals surface area contributed by atoms with Gasteiger partial charge in [-0.05, 0) is 67.4 Å². The zero-order valence-corrected chi connectivity index (χ0v) is 11.0. The highest BCUT2D eigenvalue weighted by Gasteiger charge is 2.35. The molecule has 2 aliphatic carbocycles. The summed E-state index contributed by atoms with van der Waals surface area (Å²) in [6, 6.07) is 18.0. The Morgan fingerprint density at radius 1 is 0.500 bits per heavy atom. The van der Waals surface area contributed by atoms with E-state index in [9.17, 15) is 0 Å². The van der Waals surface area contributed by atoms with Crippen LogP contribution >= 0.6 is 0 Å². The molecule has 0 fully saturated rings. The molecule has 0 amide bonds. The molecule has 0 bridgehead atoms. The van der Waals surface area contributed by atoms with Gasteiger partial charge in [-0.15, -0.1) is 0 Å². The largest absolute Gasteiger partial charge is 0.0616 e. The molecule has 2 aliphatic rings. The highest BCUT2D eigenvalue weighted by Crippen LogP contribution is 2.51. The second-order valence-electron chi connectivity index (χ2n) is 6.14. The zero-order valence-electron chi connectivity index (χ0n) is 11.0. The number of hydrogen-bond donors (Lipinski definition) is 0. The maximum absolute atomic E-state index is 2.36. The first-order chi connectivity index (χ1) is 9.92. The third-order valence-corrected chi connectivity index (χ3v) is 5.10. The van der Waals surface area contributed by atoms with E-state index in [2.05, 4.69) is 48.5 Å². The van der Waals surface area contributed by atoms with E-state index in [1.807, 2.05) is 0 Å². The topological polar surface area (TPSA) is 0 Å². The SMILES string of the molecule is c1ccc2c(c1)ccc1c2ccc2c3c(c4c(c21)C4)C3. The molecule has 0 N–H and O–H groups in total. The molecule has 20 heavy (non-hydrogen) atoms. The molecule has 0 atom stereocenters. The van der Waals surface area contributed by atoms with Crippen LogP contribution in [0.2, 0.25) is 0 Å². The lowest BCUT2D eigenvalue weighted by Gasteiger charge is -2.07. The summed E-state index contributed by atoms with van der Waals surface area (Å²) in [6.45, 7) is 0. The molecule has 0 aliphatic heterocycles. The van der Waals surface area contributed by atoms with E-state index >= 15 is 0 Å². The first-order valence-electron chi connectivity index (χ1n) is 7.31. The Bertz CT molecular complexity index is 1080. The average Bonchev–Trinajstić information content (AvgIpc) is 3.37. The van der Waals surface area contributed by atoms with Crippen LogP contribution in [0.4, 0.5) is 0 Å². The zero-order chi connectivity index (χ0) is 12.8. The summed E-state index contributed by atoms with van der Waals surface area (Å²) in [4.78, 5) is 0. The Kier molecular flexibility index (Phi) is 1.37. The van der Waals surface area contributed by atoms with E-state index < -0.39 is 0 Å². The second kappa shape index (κ2) is 2.88. The lowest BCUT2D eigenvalue weighted by atomic mass is 9.97. The van der Waals surface area contributed by atoms with Crippen LogP contribution in [0.3, 0.4) is 0 Å². The molecule has 0 spiro atoms. The van der Waals surface area contributed by atoms with Gasteiger partial charge >= 0.3 is 0 Å². The van der Waals surface area contributed by atoms with Crippen molar-refractivity contribution in [3.8, 4) is 0 Å². The highest BCUT2D eigenvalue weighted by atomic mass is 14.4. The predicted molar refractivity (Wildman–Crippen MR) is 84.6 cm³/mol. The quantitative estimate of drug-likeness (QED) is 0.335. The minimum absolute atomic E-state index is 1.23. The predicted octanol–water partition coefficient (Wildman–Crippen LogP) is 4.95. The Morgan fingerprint density at radius 3 is 2.25 bits per heavy atom. The summed E-state index contributed by atoms with van der Waals surface area (Å²) in [5.41, 5.74) is 6.56. The van der Waals surface area contributed by atoms with Crippen LogP contribution in [0.25, 0.3) is 32.3 Å². The van der Waals surface area contributed by atoms with Gasteiger partial charge in [-0.2, -0.15) is 0 Å². The van der Waals surface area contributed by atoms with Gasteiger partial charge in [0, 0.05) is 0 Å². The Balaban J connectivity index is 1.93. The molecule has 0 heteroatoms. The summed E-state index contributed by atoms with van der Waals surface area (Å²) in [6.07, 6.45) is 2.47. The molecule has 0 saturated carbocycles. The molecule has 6 rings (SSSR count). The lowest BCUT2D eigenvalue weighted by Crippen LogP contribution is -1.80. The number of hydrogen-bond acceptors (Lipinski definition) is 0. The van der Waals surface area contributed by atoms with E-state index in [4.69, 9.17) is 0 Å². The molecular formula is C20H12. The summed E-state index contributed by atoms with van der Waals surface area (Å²) < 4.78 is 0. The van der Waals surface area contributed by atoms with Gasteiger partial charge in [0.1, 0.15) is 0 Å². The monoisotopic (exact) mass is 252 g/mol. The van der Waals surface area contributed by atoms with Crippen molar-refractivity contribution in [3.05, 3.63) is 70.8 Å². The Labute approximate surface area is 116 Å². The molecular weight excluding hydrogens is 240 g/mol. The van der Waals surface area contributed by atoms with E-state index in [0.29, 0.717) is 0 Å². The molecule has 0 saturated heterocycles. The molecule has 0 aromatic heterocycles. The highest BCUT2D eigenvalue weighted by molar-refractivity contribution is 6.20. The fourth-order valence-electron chi connectivity index (χ4n) is 4.00. The maximum Gasteiger partial charge on any atom is -0.00104 e. The fraction of sp³-hybridized carbons (Fsp3) is 0.100. The fourth-order valence-corrected chi connectivity index (χ4v) is 4.00. The third-order valence-electron chi connectivity index (χ3n) is 5.10. The molecule has 0 nitrogen and oxygen atoms in total. The van der Waals surface area contributed by atoms with Crippen LogP contribution < -0.4 is 0 Å². The minimum atomic E-state index is 1.23. The summed E-state index contributed by atoms with van der Waals surface area (Å²) in [7, 11) is 0.